The van der Waals surface area contributed by atoms with Gasteiger partial charge < -0.3 is 10.6 Å². The number of piperidine rings is 1. The van der Waals surface area contributed by atoms with E-state index in [9.17, 15) is 14.4 Å². The lowest BCUT2D eigenvalue weighted by Crippen LogP contribution is -2.43. The molecule has 9 heteroatoms. The maximum absolute atomic E-state index is 13.2. The summed E-state index contributed by atoms with van der Waals surface area (Å²) in [5.41, 5.74) is 6.41. The van der Waals surface area contributed by atoms with Gasteiger partial charge in [0.1, 0.15) is 0 Å². The molecule has 3 heterocycles. The van der Waals surface area contributed by atoms with E-state index in [-0.39, 0.29) is 29.7 Å². The molecule has 2 aromatic heterocycles. The summed E-state index contributed by atoms with van der Waals surface area (Å²) in [6.07, 6.45) is 4.27. The van der Waals surface area contributed by atoms with Crippen LogP contribution in [0.3, 0.4) is 0 Å². The highest BCUT2D eigenvalue weighted by Crippen LogP contribution is 2.40. The number of aryl methyl sites for hydroxylation is 1. The normalized spacial score (nSPS) is 17.6. The van der Waals surface area contributed by atoms with Crippen LogP contribution in [-0.4, -0.2) is 44.5 Å². The van der Waals surface area contributed by atoms with E-state index in [0.29, 0.717) is 36.8 Å². The van der Waals surface area contributed by atoms with Crippen molar-refractivity contribution in [1.82, 2.24) is 19.4 Å². The van der Waals surface area contributed by atoms with Crippen molar-refractivity contribution < 1.29 is 4.79 Å². The van der Waals surface area contributed by atoms with Crippen LogP contribution in [0.15, 0.2) is 15.7 Å². The molecule has 0 aromatic carbocycles. The van der Waals surface area contributed by atoms with E-state index < -0.39 is 11.2 Å². The molecule has 1 saturated carbocycles. The molecule has 152 valence electrons. The predicted octanol–water partition coefficient (Wildman–Crippen LogP) is 1.36. The summed E-state index contributed by atoms with van der Waals surface area (Å²) in [6.45, 7) is 3.56. The summed E-state index contributed by atoms with van der Waals surface area (Å²) in [6, 6.07) is 1.87. The van der Waals surface area contributed by atoms with Crippen molar-refractivity contribution in [2.24, 2.45) is 5.73 Å². The Morgan fingerprint density at radius 1 is 1.25 bits per heavy atom. The number of likely N-dealkylation sites (tertiary alicyclic amines) is 1. The summed E-state index contributed by atoms with van der Waals surface area (Å²) in [7, 11) is 0. The Morgan fingerprint density at radius 3 is 2.54 bits per heavy atom. The van der Waals surface area contributed by atoms with Crippen molar-refractivity contribution in [3.05, 3.63) is 38.2 Å². The van der Waals surface area contributed by atoms with Gasteiger partial charge >= 0.3 is 5.69 Å². The zero-order chi connectivity index (χ0) is 19.1. The predicted molar refractivity (Wildman–Crippen MR) is 109 cm³/mol. The largest absolute Gasteiger partial charge is 0.339 e. The standard InChI is InChI=1S/C19H25N5O3.ClH/c1-2-7-24-16-15(17(25)22-19(24)27)13(10-14(21-16)11-3-4-11)18(26)23-8-5-12(20)6-9-23;/h10-12H,2-9,20H2,1H3,(H,22,25,27);1H. The first-order valence-electron chi connectivity index (χ1n) is 9.72. The molecule has 1 aliphatic carbocycles. The van der Waals surface area contributed by atoms with E-state index in [2.05, 4.69) is 9.97 Å². The van der Waals surface area contributed by atoms with Crippen LogP contribution in [0.2, 0.25) is 0 Å². The molecule has 0 spiro atoms. The van der Waals surface area contributed by atoms with Crippen molar-refractivity contribution in [3.63, 3.8) is 0 Å². The molecule has 1 amide bonds. The van der Waals surface area contributed by atoms with Gasteiger partial charge in [0.05, 0.1) is 10.9 Å². The molecule has 2 aliphatic rings. The summed E-state index contributed by atoms with van der Waals surface area (Å²) in [4.78, 5) is 46.9. The van der Waals surface area contributed by atoms with E-state index in [1.807, 2.05) is 6.92 Å². The quantitative estimate of drug-likeness (QED) is 0.794. The lowest BCUT2D eigenvalue weighted by atomic mass is 10.0. The van der Waals surface area contributed by atoms with Crippen LogP contribution in [0, 0.1) is 0 Å². The number of amides is 1. The van der Waals surface area contributed by atoms with Crippen molar-refractivity contribution in [2.45, 2.75) is 57.5 Å². The molecule has 1 aliphatic heterocycles. The number of hydrogen-bond donors (Lipinski definition) is 2. The minimum atomic E-state index is -0.547. The van der Waals surface area contributed by atoms with Gasteiger partial charge in [-0.15, -0.1) is 12.4 Å². The van der Waals surface area contributed by atoms with Crippen molar-refractivity contribution in [2.75, 3.05) is 13.1 Å². The minimum absolute atomic E-state index is 0. The molecule has 3 N–H and O–H groups in total. The highest BCUT2D eigenvalue weighted by atomic mass is 35.5. The third-order valence-corrected chi connectivity index (χ3v) is 5.47. The van der Waals surface area contributed by atoms with Crippen molar-refractivity contribution in [1.29, 1.82) is 0 Å². The number of carbonyl (C=O) groups excluding carboxylic acids is 1. The van der Waals surface area contributed by atoms with E-state index >= 15 is 0 Å². The van der Waals surface area contributed by atoms with E-state index in [1.54, 1.807) is 11.0 Å². The fraction of sp³-hybridized carbons (Fsp3) is 0.579. The molecule has 2 aromatic rings. The molecular formula is C19H26ClN5O3. The molecule has 4 rings (SSSR count). The maximum atomic E-state index is 13.2. The second kappa shape index (κ2) is 8.05. The maximum Gasteiger partial charge on any atom is 0.329 e. The molecular weight excluding hydrogens is 382 g/mol. The number of aromatic amines is 1. The van der Waals surface area contributed by atoms with Gasteiger partial charge in [-0.05, 0) is 38.2 Å². The number of pyridine rings is 1. The molecule has 0 unspecified atom stereocenters. The zero-order valence-electron chi connectivity index (χ0n) is 15.9. The number of hydrogen-bond acceptors (Lipinski definition) is 5. The Hall–Kier alpha value is -2.19. The lowest BCUT2D eigenvalue weighted by molar-refractivity contribution is 0.0716. The number of carbonyl (C=O) groups is 1. The number of nitrogens with two attached hydrogens (primary N) is 1. The third kappa shape index (κ3) is 3.71. The second-order valence-corrected chi connectivity index (χ2v) is 7.61. The first-order chi connectivity index (χ1) is 13.0. The first kappa shape index (κ1) is 20.5. The third-order valence-electron chi connectivity index (χ3n) is 5.47. The molecule has 28 heavy (non-hydrogen) atoms. The second-order valence-electron chi connectivity index (χ2n) is 7.61. The number of H-pyrrole nitrogens is 1. The number of nitrogens with one attached hydrogen (secondary N) is 1. The van der Waals surface area contributed by atoms with Crippen LogP contribution in [0.1, 0.15) is 61.0 Å². The minimum Gasteiger partial charge on any atom is -0.339 e. The molecule has 1 saturated heterocycles. The SMILES string of the molecule is CCCn1c(=O)[nH]c(=O)c2c(C(=O)N3CCC(N)CC3)cc(C3CC3)nc21.Cl. The summed E-state index contributed by atoms with van der Waals surface area (Å²) in [5.74, 6) is 0.128. The highest BCUT2D eigenvalue weighted by molar-refractivity contribution is 6.05. The fourth-order valence-electron chi connectivity index (χ4n) is 3.75. The molecule has 0 radical (unpaired) electrons. The van der Waals surface area contributed by atoms with Gasteiger partial charge in [-0.2, -0.15) is 0 Å². The summed E-state index contributed by atoms with van der Waals surface area (Å²) >= 11 is 0. The Kier molecular flexibility index (Phi) is 5.90. The van der Waals surface area contributed by atoms with Crippen LogP contribution in [0.4, 0.5) is 0 Å². The Balaban J connectivity index is 0.00000225. The van der Waals surface area contributed by atoms with Crippen LogP contribution >= 0.6 is 12.4 Å². The van der Waals surface area contributed by atoms with Crippen LogP contribution in [0.25, 0.3) is 11.0 Å². The Labute approximate surface area is 168 Å². The van der Waals surface area contributed by atoms with Gasteiger partial charge in [0.15, 0.2) is 5.65 Å². The van der Waals surface area contributed by atoms with Gasteiger partial charge in [0, 0.05) is 37.3 Å². The lowest BCUT2D eigenvalue weighted by Gasteiger charge is -2.30. The van der Waals surface area contributed by atoms with Crippen LogP contribution in [0.5, 0.6) is 0 Å². The molecule has 0 atom stereocenters. The number of rotatable bonds is 4. The van der Waals surface area contributed by atoms with Gasteiger partial charge in [-0.1, -0.05) is 6.92 Å². The first-order valence-corrected chi connectivity index (χ1v) is 9.72. The van der Waals surface area contributed by atoms with E-state index in [0.717, 1.165) is 37.8 Å². The molecule has 8 nitrogen and oxygen atoms in total. The number of fused-ring (bicyclic) bond motifs is 1. The van der Waals surface area contributed by atoms with Crippen molar-refractivity contribution in [3.8, 4) is 0 Å². The van der Waals surface area contributed by atoms with Gasteiger partial charge in [0.2, 0.25) is 0 Å². The smallest absolute Gasteiger partial charge is 0.329 e. The topological polar surface area (TPSA) is 114 Å². The Morgan fingerprint density at radius 2 is 1.93 bits per heavy atom. The van der Waals surface area contributed by atoms with Crippen LogP contribution in [-0.2, 0) is 6.54 Å². The average molecular weight is 408 g/mol. The number of halogens is 1. The molecule has 0 bridgehead atoms. The summed E-state index contributed by atoms with van der Waals surface area (Å²) < 4.78 is 1.48. The van der Waals surface area contributed by atoms with Gasteiger partial charge in [-0.25, -0.2) is 9.78 Å². The molecule has 2 fully saturated rings. The highest BCUT2D eigenvalue weighted by Gasteiger charge is 2.30. The Bertz CT molecular complexity index is 1000. The summed E-state index contributed by atoms with van der Waals surface area (Å²) in [5, 5.41) is 0.215. The van der Waals surface area contributed by atoms with Crippen LogP contribution < -0.4 is 17.0 Å². The van der Waals surface area contributed by atoms with E-state index in [4.69, 9.17) is 5.73 Å². The average Bonchev–Trinajstić information content (AvgIpc) is 3.49. The number of nitrogens with zero attached hydrogens (tertiary/aromatic N) is 3. The van der Waals surface area contributed by atoms with Crippen molar-refractivity contribution >= 4 is 29.3 Å². The monoisotopic (exact) mass is 407 g/mol. The number of aromatic nitrogens is 3. The van der Waals surface area contributed by atoms with E-state index in [1.165, 1.54) is 4.57 Å². The zero-order valence-corrected chi connectivity index (χ0v) is 16.8. The van der Waals surface area contributed by atoms with Gasteiger partial charge in [0.25, 0.3) is 11.5 Å². The fourth-order valence-corrected chi connectivity index (χ4v) is 3.75. The van der Waals surface area contributed by atoms with Gasteiger partial charge in [-0.3, -0.25) is 19.1 Å².